The Bertz CT molecular complexity index is 852. The molecule has 0 bridgehead atoms. The fourth-order valence-electron chi connectivity index (χ4n) is 3.24. The summed E-state index contributed by atoms with van der Waals surface area (Å²) in [6.45, 7) is 0.793. The van der Waals surface area contributed by atoms with Crippen LogP contribution in [0.15, 0.2) is 54.6 Å². The first-order valence-corrected chi connectivity index (χ1v) is 9.73. The minimum absolute atomic E-state index is 0.159. The molecule has 0 saturated carbocycles. The number of aromatic hydroxyl groups is 1. The molecule has 4 amide bonds. The van der Waals surface area contributed by atoms with Gasteiger partial charge in [-0.05, 0) is 42.5 Å². The molecule has 0 aromatic heterocycles. The summed E-state index contributed by atoms with van der Waals surface area (Å²) in [6, 6.07) is 15.4. The Balaban J connectivity index is 1.38. The zero-order valence-corrected chi connectivity index (χ0v) is 16.1. The van der Waals surface area contributed by atoms with Gasteiger partial charge in [0.1, 0.15) is 11.8 Å². The van der Waals surface area contributed by atoms with Gasteiger partial charge in [-0.15, -0.1) is 0 Å². The van der Waals surface area contributed by atoms with E-state index in [1.807, 2.05) is 30.3 Å². The fraction of sp³-hybridized carbons (Fsp3) is 0.318. The number of hydrogen-bond donors (Lipinski definition) is 3. The fourth-order valence-corrected chi connectivity index (χ4v) is 3.24. The standard InChI is InChI=1S/C22H25N3O4/c26-18-8-6-17(7-9-18)12-14-23-20(27)11-10-19-21(28)25(22(29)24-19)15-13-16-4-2-1-3-5-16/h1-9,19,26H,10-15H2,(H,23,27)(H,24,29)/t19-/m0/s1. The Morgan fingerprint density at radius 3 is 2.41 bits per heavy atom. The highest BCUT2D eigenvalue weighted by Gasteiger charge is 2.37. The van der Waals surface area contributed by atoms with Crippen molar-refractivity contribution in [2.45, 2.75) is 31.7 Å². The van der Waals surface area contributed by atoms with Crippen LogP contribution in [0.4, 0.5) is 4.79 Å². The summed E-state index contributed by atoms with van der Waals surface area (Å²) in [7, 11) is 0. The summed E-state index contributed by atoms with van der Waals surface area (Å²) in [5.74, 6) is -0.227. The average molecular weight is 395 g/mol. The zero-order valence-electron chi connectivity index (χ0n) is 16.1. The molecule has 7 heteroatoms. The Kier molecular flexibility index (Phi) is 6.84. The van der Waals surface area contributed by atoms with Crippen LogP contribution in [0.1, 0.15) is 24.0 Å². The Labute approximate surface area is 169 Å². The highest BCUT2D eigenvalue weighted by molar-refractivity contribution is 6.04. The molecule has 0 radical (unpaired) electrons. The predicted octanol–water partition coefficient (Wildman–Crippen LogP) is 1.99. The Hall–Kier alpha value is -3.35. The van der Waals surface area contributed by atoms with Crippen molar-refractivity contribution in [2.24, 2.45) is 0 Å². The second-order valence-electron chi connectivity index (χ2n) is 7.03. The van der Waals surface area contributed by atoms with Gasteiger partial charge in [-0.2, -0.15) is 0 Å². The molecule has 1 aliphatic heterocycles. The van der Waals surface area contributed by atoms with E-state index in [0.717, 1.165) is 11.1 Å². The van der Waals surface area contributed by atoms with Crippen LogP contribution in [0.2, 0.25) is 0 Å². The van der Waals surface area contributed by atoms with Gasteiger partial charge in [0.15, 0.2) is 0 Å². The van der Waals surface area contributed by atoms with Gasteiger partial charge >= 0.3 is 6.03 Å². The van der Waals surface area contributed by atoms with Crippen LogP contribution in [-0.2, 0) is 22.4 Å². The molecule has 0 aliphatic carbocycles. The van der Waals surface area contributed by atoms with E-state index in [0.29, 0.717) is 25.9 Å². The first kappa shape index (κ1) is 20.4. The summed E-state index contributed by atoms with van der Waals surface area (Å²) in [6.07, 6.45) is 1.69. The third kappa shape index (κ3) is 5.81. The number of imide groups is 1. The van der Waals surface area contributed by atoms with Crippen LogP contribution in [0.5, 0.6) is 5.75 Å². The molecule has 2 aromatic carbocycles. The molecule has 1 aliphatic rings. The minimum Gasteiger partial charge on any atom is -0.508 e. The van der Waals surface area contributed by atoms with Crippen molar-refractivity contribution >= 4 is 17.8 Å². The normalized spacial score (nSPS) is 16.0. The van der Waals surface area contributed by atoms with Crippen molar-refractivity contribution in [2.75, 3.05) is 13.1 Å². The van der Waals surface area contributed by atoms with Gasteiger partial charge < -0.3 is 15.7 Å². The third-order valence-electron chi connectivity index (χ3n) is 4.91. The SMILES string of the molecule is O=C(CC[C@@H]1NC(=O)N(CCc2ccccc2)C1=O)NCCc1ccc(O)cc1. The lowest BCUT2D eigenvalue weighted by atomic mass is 10.1. The largest absolute Gasteiger partial charge is 0.508 e. The zero-order chi connectivity index (χ0) is 20.6. The summed E-state index contributed by atoms with van der Waals surface area (Å²) < 4.78 is 0. The van der Waals surface area contributed by atoms with E-state index in [-0.39, 0.29) is 30.4 Å². The number of hydrogen-bond acceptors (Lipinski definition) is 4. The number of benzene rings is 2. The van der Waals surface area contributed by atoms with Gasteiger partial charge in [0, 0.05) is 19.5 Å². The van der Waals surface area contributed by atoms with Crippen LogP contribution in [0, 0.1) is 0 Å². The van der Waals surface area contributed by atoms with E-state index < -0.39 is 12.1 Å². The molecule has 152 valence electrons. The molecular weight excluding hydrogens is 370 g/mol. The minimum atomic E-state index is -0.652. The van der Waals surface area contributed by atoms with Gasteiger partial charge in [0.25, 0.3) is 5.91 Å². The van der Waals surface area contributed by atoms with E-state index >= 15 is 0 Å². The second-order valence-corrected chi connectivity index (χ2v) is 7.03. The molecule has 2 aromatic rings. The number of phenols is 1. The van der Waals surface area contributed by atoms with Crippen LogP contribution in [0.25, 0.3) is 0 Å². The highest BCUT2D eigenvalue weighted by Crippen LogP contribution is 2.13. The van der Waals surface area contributed by atoms with E-state index in [1.165, 1.54) is 4.90 Å². The lowest BCUT2D eigenvalue weighted by Gasteiger charge is -2.13. The maximum absolute atomic E-state index is 12.5. The van der Waals surface area contributed by atoms with E-state index in [2.05, 4.69) is 10.6 Å². The molecule has 3 N–H and O–H groups in total. The highest BCUT2D eigenvalue weighted by atomic mass is 16.3. The lowest BCUT2D eigenvalue weighted by Crippen LogP contribution is -2.34. The molecule has 0 spiro atoms. The lowest BCUT2D eigenvalue weighted by molar-refractivity contribution is -0.127. The molecule has 29 heavy (non-hydrogen) atoms. The molecule has 3 rings (SSSR count). The monoisotopic (exact) mass is 395 g/mol. The van der Waals surface area contributed by atoms with Crippen LogP contribution >= 0.6 is 0 Å². The number of rotatable bonds is 9. The van der Waals surface area contributed by atoms with Gasteiger partial charge in [-0.1, -0.05) is 42.5 Å². The predicted molar refractivity (Wildman–Crippen MR) is 108 cm³/mol. The first-order chi connectivity index (χ1) is 14.0. The molecular formula is C22H25N3O4. The smallest absolute Gasteiger partial charge is 0.324 e. The summed E-state index contributed by atoms with van der Waals surface area (Å²) in [4.78, 5) is 37.8. The Morgan fingerprint density at radius 2 is 1.69 bits per heavy atom. The number of carbonyl (C=O) groups excluding carboxylic acids is 3. The molecule has 0 unspecified atom stereocenters. The number of nitrogens with zero attached hydrogens (tertiary/aromatic N) is 1. The van der Waals surface area contributed by atoms with E-state index in [4.69, 9.17) is 0 Å². The van der Waals surface area contributed by atoms with Crippen molar-refractivity contribution in [3.63, 3.8) is 0 Å². The number of carbonyl (C=O) groups is 3. The van der Waals surface area contributed by atoms with Crippen LogP contribution in [0.3, 0.4) is 0 Å². The van der Waals surface area contributed by atoms with Crippen molar-refractivity contribution < 1.29 is 19.5 Å². The third-order valence-corrected chi connectivity index (χ3v) is 4.91. The number of phenolic OH excluding ortho intramolecular Hbond substituents is 1. The van der Waals surface area contributed by atoms with Gasteiger partial charge in [-0.25, -0.2) is 4.79 Å². The maximum atomic E-state index is 12.5. The van der Waals surface area contributed by atoms with Crippen molar-refractivity contribution in [1.82, 2.24) is 15.5 Å². The molecule has 1 fully saturated rings. The number of nitrogens with one attached hydrogen (secondary N) is 2. The van der Waals surface area contributed by atoms with Crippen LogP contribution in [-0.4, -0.2) is 47.0 Å². The van der Waals surface area contributed by atoms with Crippen molar-refractivity contribution in [1.29, 1.82) is 0 Å². The van der Waals surface area contributed by atoms with Gasteiger partial charge in [0.2, 0.25) is 5.91 Å². The second kappa shape index (κ2) is 9.73. The first-order valence-electron chi connectivity index (χ1n) is 9.73. The van der Waals surface area contributed by atoms with Gasteiger partial charge in [0.05, 0.1) is 0 Å². The quantitative estimate of drug-likeness (QED) is 0.566. The summed E-state index contributed by atoms with van der Waals surface area (Å²) in [5.41, 5.74) is 2.07. The molecule has 1 saturated heterocycles. The summed E-state index contributed by atoms with van der Waals surface area (Å²) >= 11 is 0. The Morgan fingerprint density at radius 1 is 1.00 bits per heavy atom. The number of amides is 4. The average Bonchev–Trinajstić information content (AvgIpc) is 3.00. The summed E-state index contributed by atoms with van der Waals surface area (Å²) in [5, 5.41) is 14.7. The maximum Gasteiger partial charge on any atom is 0.324 e. The van der Waals surface area contributed by atoms with Gasteiger partial charge in [-0.3, -0.25) is 14.5 Å². The molecule has 1 heterocycles. The molecule has 1 atom stereocenters. The topological polar surface area (TPSA) is 98.7 Å². The molecule has 7 nitrogen and oxygen atoms in total. The van der Waals surface area contributed by atoms with Crippen molar-refractivity contribution in [3.05, 3.63) is 65.7 Å². The van der Waals surface area contributed by atoms with Crippen molar-refractivity contribution in [3.8, 4) is 5.75 Å². The number of urea groups is 1. The van der Waals surface area contributed by atoms with Crippen LogP contribution < -0.4 is 10.6 Å². The van der Waals surface area contributed by atoms with E-state index in [1.54, 1.807) is 24.3 Å². The van der Waals surface area contributed by atoms with E-state index in [9.17, 15) is 19.5 Å².